The molecular weight excluding hydrogens is 234 g/mol. The van der Waals surface area contributed by atoms with Gasteiger partial charge in [0.1, 0.15) is 5.75 Å². The van der Waals surface area contributed by atoms with Crippen LogP contribution in [0.15, 0.2) is 18.2 Å². The quantitative estimate of drug-likeness (QED) is 0.891. The molecule has 1 aromatic carbocycles. The lowest BCUT2D eigenvalue weighted by molar-refractivity contribution is 0.404. The van der Waals surface area contributed by atoms with Crippen molar-refractivity contribution >= 4 is 11.6 Å². The molecule has 2 N–H and O–H groups in total. The Kier molecular flexibility index (Phi) is 3.95. The van der Waals surface area contributed by atoms with Crippen LogP contribution in [0.2, 0.25) is 5.02 Å². The second-order valence-electron chi connectivity index (χ2n) is 4.88. The maximum atomic E-state index is 6.21. The lowest BCUT2D eigenvalue weighted by atomic mass is 9.76. The Morgan fingerprint density at radius 1 is 1.35 bits per heavy atom. The minimum absolute atomic E-state index is 0.255. The molecule has 0 amide bonds. The predicted molar refractivity (Wildman–Crippen MR) is 71.8 cm³/mol. The Hall–Kier alpha value is -0.730. The molecule has 0 atom stereocenters. The zero-order valence-corrected chi connectivity index (χ0v) is 11.1. The van der Waals surface area contributed by atoms with Gasteiger partial charge in [0.2, 0.25) is 0 Å². The second kappa shape index (κ2) is 5.28. The van der Waals surface area contributed by atoms with Gasteiger partial charge < -0.3 is 10.5 Å². The topological polar surface area (TPSA) is 35.2 Å². The van der Waals surface area contributed by atoms with Gasteiger partial charge in [-0.2, -0.15) is 0 Å². The summed E-state index contributed by atoms with van der Waals surface area (Å²) in [6.45, 7) is 0.740. The van der Waals surface area contributed by atoms with E-state index in [1.54, 1.807) is 7.11 Å². The highest BCUT2D eigenvalue weighted by molar-refractivity contribution is 6.32. The Morgan fingerprint density at radius 3 is 2.59 bits per heavy atom. The molecule has 17 heavy (non-hydrogen) atoms. The zero-order valence-electron chi connectivity index (χ0n) is 10.3. The van der Waals surface area contributed by atoms with Crippen molar-refractivity contribution in [3.8, 4) is 5.75 Å². The molecule has 94 valence electrons. The normalized spacial score (nSPS) is 18.3. The summed E-state index contributed by atoms with van der Waals surface area (Å²) in [5.74, 6) is 0.747. The van der Waals surface area contributed by atoms with Crippen molar-refractivity contribution in [1.29, 1.82) is 0 Å². The highest BCUT2D eigenvalue weighted by atomic mass is 35.5. The molecule has 1 aromatic rings. The lowest BCUT2D eigenvalue weighted by Gasteiger charge is -2.29. The molecule has 1 saturated carbocycles. The van der Waals surface area contributed by atoms with E-state index < -0.39 is 0 Å². The summed E-state index contributed by atoms with van der Waals surface area (Å²) in [4.78, 5) is 0. The van der Waals surface area contributed by atoms with E-state index in [0.717, 1.165) is 18.7 Å². The molecule has 1 aliphatic carbocycles. The zero-order chi connectivity index (χ0) is 12.3. The summed E-state index contributed by atoms with van der Waals surface area (Å²) < 4.78 is 5.20. The van der Waals surface area contributed by atoms with Crippen LogP contribution in [0.4, 0.5) is 0 Å². The molecule has 2 rings (SSSR count). The minimum atomic E-state index is 0.255. The predicted octanol–water partition coefficient (Wildman–Crippen LogP) is 3.51. The van der Waals surface area contributed by atoms with Crippen LogP contribution in [0.3, 0.4) is 0 Å². The molecule has 0 unspecified atom stereocenters. The fourth-order valence-electron chi connectivity index (χ4n) is 3.01. The maximum absolute atomic E-state index is 6.21. The molecule has 0 saturated heterocycles. The van der Waals surface area contributed by atoms with Crippen molar-refractivity contribution in [2.75, 3.05) is 13.7 Å². The first-order valence-corrected chi connectivity index (χ1v) is 6.64. The Morgan fingerprint density at radius 2 is 2.06 bits per heavy atom. The second-order valence-corrected chi connectivity index (χ2v) is 5.28. The van der Waals surface area contributed by atoms with Crippen LogP contribution < -0.4 is 10.5 Å². The van der Waals surface area contributed by atoms with E-state index in [-0.39, 0.29) is 5.41 Å². The van der Waals surface area contributed by atoms with Gasteiger partial charge in [-0.25, -0.2) is 0 Å². The summed E-state index contributed by atoms with van der Waals surface area (Å²) in [5, 5.41) is 0.702. The van der Waals surface area contributed by atoms with Crippen LogP contribution in [-0.4, -0.2) is 13.7 Å². The van der Waals surface area contributed by atoms with E-state index >= 15 is 0 Å². The van der Waals surface area contributed by atoms with Crippen LogP contribution in [0, 0.1) is 0 Å². The molecule has 1 fully saturated rings. The fourth-order valence-corrected chi connectivity index (χ4v) is 3.27. The van der Waals surface area contributed by atoms with Crippen LogP contribution >= 0.6 is 11.6 Å². The van der Waals surface area contributed by atoms with Crippen molar-refractivity contribution < 1.29 is 4.74 Å². The van der Waals surface area contributed by atoms with Crippen molar-refractivity contribution in [3.63, 3.8) is 0 Å². The summed E-state index contributed by atoms with van der Waals surface area (Å²) >= 11 is 6.21. The molecule has 0 heterocycles. The number of hydrogen-bond acceptors (Lipinski definition) is 2. The third-order valence-corrected chi connectivity index (χ3v) is 4.24. The van der Waals surface area contributed by atoms with Crippen molar-refractivity contribution in [3.05, 3.63) is 28.8 Å². The van der Waals surface area contributed by atoms with Gasteiger partial charge in [-0.1, -0.05) is 30.5 Å². The van der Waals surface area contributed by atoms with Crippen LogP contribution in [0.5, 0.6) is 5.75 Å². The van der Waals surface area contributed by atoms with Crippen molar-refractivity contribution in [1.82, 2.24) is 0 Å². The van der Waals surface area contributed by atoms with E-state index in [1.165, 1.54) is 31.2 Å². The summed E-state index contributed by atoms with van der Waals surface area (Å²) in [6, 6.07) is 6.17. The Balaban J connectivity index is 2.33. The maximum Gasteiger partial charge on any atom is 0.137 e. The SMILES string of the molecule is COc1ccc(C2(CCN)CCCC2)cc1Cl. The Bertz CT molecular complexity index is 386. The molecule has 3 heteroatoms. The van der Waals surface area contributed by atoms with Gasteiger partial charge in [0.15, 0.2) is 0 Å². The highest BCUT2D eigenvalue weighted by Gasteiger charge is 2.35. The molecule has 0 aliphatic heterocycles. The first-order chi connectivity index (χ1) is 8.22. The number of methoxy groups -OCH3 is 1. The van der Waals surface area contributed by atoms with Gasteiger partial charge in [-0.3, -0.25) is 0 Å². The summed E-state index contributed by atoms with van der Waals surface area (Å²) in [7, 11) is 1.64. The van der Waals surface area contributed by atoms with Crippen molar-refractivity contribution in [2.24, 2.45) is 5.73 Å². The highest BCUT2D eigenvalue weighted by Crippen LogP contribution is 2.45. The van der Waals surface area contributed by atoms with Crippen LogP contribution in [0.25, 0.3) is 0 Å². The van der Waals surface area contributed by atoms with Crippen molar-refractivity contribution in [2.45, 2.75) is 37.5 Å². The first-order valence-electron chi connectivity index (χ1n) is 6.26. The number of nitrogens with two attached hydrogens (primary N) is 1. The third kappa shape index (κ3) is 2.43. The van der Waals surface area contributed by atoms with E-state index in [1.807, 2.05) is 6.07 Å². The lowest BCUT2D eigenvalue weighted by Crippen LogP contribution is -2.25. The molecule has 0 radical (unpaired) electrons. The minimum Gasteiger partial charge on any atom is -0.495 e. The number of benzene rings is 1. The largest absolute Gasteiger partial charge is 0.495 e. The number of halogens is 1. The van der Waals surface area contributed by atoms with Gasteiger partial charge in [-0.05, 0) is 48.9 Å². The summed E-state index contributed by atoms with van der Waals surface area (Å²) in [5.41, 5.74) is 7.35. The number of hydrogen-bond donors (Lipinski definition) is 1. The van der Waals surface area contributed by atoms with Gasteiger partial charge in [0.25, 0.3) is 0 Å². The molecule has 0 spiro atoms. The summed E-state index contributed by atoms with van der Waals surface area (Å²) in [6.07, 6.45) is 6.10. The standard InChI is InChI=1S/C14H20ClNO/c1-17-13-5-4-11(10-12(13)15)14(8-9-16)6-2-3-7-14/h4-5,10H,2-3,6-9,16H2,1H3. The Labute approximate surface area is 108 Å². The van der Waals surface area contributed by atoms with Crippen LogP contribution in [-0.2, 0) is 5.41 Å². The first kappa shape index (κ1) is 12.7. The van der Waals surface area contributed by atoms with Gasteiger partial charge in [-0.15, -0.1) is 0 Å². The molecule has 0 aromatic heterocycles. The van der Waals surface area contributed by atoms with E-state index in [9.17, 15) is 0 Å². The smallest absolute Gasteiger partial charge is 0.137 e. The molecule has 0 bridgehead atoms. The average Bonchev–Trinajstić information content (AvgIpc) is 2.79. The van der Waals surface area contributed by atoms with E-state index in [2.05, 4.69) is 12.1 Å². The number of rotatable bonds is 4. The third-order valence-electron chi connectivity index (χ3n) is 3.95. The van der Waals surface area contributed by atoms with E-state index in [4.69, 9.17) is 22.1 Å². The van der Waals surface area contributed by atoms with Gasteiger partial charge in [0, 0.05) is 0 Å². The fraction of sp³-hybridized carbons (Fsp3) is 0.571. The monoisotopic (exact) mass is 253 g/mol. The average molecular weight is 254 g/mol. The molecule has 1 aliphatic rings. The van der Waals surface area contributed by atoms with Gasteiger partial charge in [0.05, 0.1) is 12.1 Å². The van der Waals surface area contributed by atoms with Gasteiger partial charge >= 0.3 is 0 Å². The van der Waals surface area contributed by atoms with Crippen LogP contribution in [0.1, 0.15) is 37.7 Å². The van der Waals surface area contributed by atoms with E-state index in [0.29, 0.717) is 5.02 Å². The molecular formula is C14H20ClNO. The number of ether oxygens (including phenoxy) is 1. The molecule has 2 nitrogen and oxygen atoms in total.